The number of hydrogen-bond acceptors (Lipinski definition) is 3. The van der Waals surface area contributed by atoms with Crippen molar-refractivity contribution in [3.63, 3.8) is 0 Å². The van der Waals surface area contributed by atoms with Gasteiger partial charge in [0, 0.05) is 19.0 Å². The molecule has 2 aromatic rings. The number of ether oxygens (including phenoxy) is 1. The molecule has 0 aliphatic rings. The van der Waals surface area contributed by atoms with Gasteiger partial charge in [0.05, 0.1) is 18.1 Å². The van der Waals surface area contributed by atoms with Gasteiger partial charge in [-0.1, -0.05) is 0 Å². The number of benzene rings is 1. The highest BCUT2D eigenvalue weighted by molar-refractivity contribution is 5.77. The first-order chi connectivity index (χ1) is 9.36. The molecule has 0 aliphatic heterocycles. The number of alkyl halides is 3. The Morgan fingerprint density at radius 2 is 2.10 bits per heavy atom. The molecule has 7 heteroatoms. The van der Waals surface area contributed by atoms with Crippen molar-refractivity contribution >= 4 is 11.0 Å². The van der Waals surface area contributed by atoms with Crippen molar-refractivity contribution in [3.05, 3.63) is 24.0 Å². The SMILES string of the molecule is CCn1c(CC(O)C(F)(F)F)nc2cc(OC)ccc21. The summed E-state index contributed by atoms with van der Waals surface area (Å²) in [6.45, 7) is 2.29. The normalized spacial score (nSPS) is 13.7. The number of aromatic nitrogens is 2. The molecule has 20 heavy (non-hydrogen) atoms. The molecule has 1 unspecified atom stereocenters. The van der Waals surface area contributed by atoms with Crippen molar-refractivity contribution in [1.29, 1.82) is 0 Å². The third-order valence-corrected chi connectivity index (χ3v) is 3.10. The second kappa shape index (κ2) is 5.32. The highest BCUT2D eigenvalue weighted by Crippen LogP contribution is 2.26. The molecule has 0 fully saturated rings. The van der Waals surface area contributed by atoms with Crippen molar-refractivity contribution < 1.29 is 23.0 Å². The first-order valence-electron chi connectivity index (χ1n) is 6.14. The fraction of sp³-hybridized carbons (Fsp3) is 0.462. The van der Waals surface area contributed by atoms with Crippen molar-refractivity contribution in [2.45, 2.75) is 32.2 Å². The van der Waals surface area contributed by atoms with Gasteiger partial charge in [0.1, 0.15) is 11.6 Å². The summed E-state index contributed by atoms with van der Waals surface area (Å²) >= 11 is 0. The Balaban J connectivity index is 2.42. The minimum Gasteiger partial charge on any atom is -0.497 e. The molecule has 110 valence electrons. The average molecular weight is 288 g/mol. The number of rotatable bonds is 4. The van der Waals surface area contributed by atoms with E-state index in [4.69, 9.17) is 4.74 Å². The van der Waals surface area contributed by atoms with Crippen LogP contribution in [0.25, 0.3) is 11.0 Å². The van der Waals surface area contributed by atoms with Crippen molar-refractivity contribution in [1.82, 2.24) is 9.55 Å². The van der Waals surface area contributed by atoms with E-state index in [1.807, 2.05) is 6.92 Å². The molecule has 0 aliphatic carbocycles. The van der Waals surface area contributed by atoms with E-state index in [1.165, 1.54) is 7.11 Å². The zero-order valence-electron chi connectivity index (χ0n) is 11.1. The van der Waals surface area contributed by atoms with Crippen LogP contribution in [0.4, 0.5) is 13.2 Å². The fourth-order valence-electron chi connectivity index (χ4n) is 2.08. The van der Waals surface area contributed by atoms with E-state index < -0.39 is 18.7 Å². The van der Waals surface area contributed by atoms with Crippen LogP contribution < -0.4 is 4.74 Å². The summed E-state index contributed by atoms with van der Waals surface area (Å²) < 4.78 is 44.0. The van der Waals surface area contributed by atoms with Gasteiger partial charge < -0.3 is 14.4 Å². The van der Waals surface area contributed by atoms with Crippen LogP contribution in [0.1, 0.15) is 12.7 Å². The number of halogens is 3. The topological polar surface area (TPSA) is 47.3 Å². The molecule has 1 heterocycles. The van der Waals surface area contributed by atoms with Gasteiger partial charge in [0.25, 0.3) is 0 Å². The van der Waals surface area contributed by atoms with Gasteiger partial charge in [-0.15, -0.1) is 0 Å². The van der Waals surface area contributed by atoms with Gasteiger partial charge in [-0.05, 0) is 19.1 Å². The molecule has 0 amide bonds. The van der Waals surface area contributed by atoms with Crippen LogP contribution in [0.5, 0.6) is 5.75 Å². The first-order valence-corrected chi connectivity index (χ1v) is 6.14. The minimum absolute atomic E-state index is 0.209. The maximum absolute atomic E-state index is 12.4. The molecule has 0 spiro atoms. The number of aliphatic hydroxyl groups excluding tert-OH is 1. The third kappa shape index (κ3) is 2.72. The van der Waals surface area contributed by atoms with Crippen LogP contribution >= 0.6 is 0 Å². The molecule has 2 rings (SSSR count). The Morgan fingerprint density at radius 1 is 1.40 bits per heavy atom. The summed E-state index contributed by atoms with van der Waals surface area (Å²) in [5.41, 5.74) is 1.27. The average Bonchev–Trinajstić information content (AvgIpc) is 2.73. The second-order valence-corrected chi connectivity index (χ2v) is 4.39. The number of nitrogens with zero attached hydrogens (tertiary/aromatic N) is 2. The van der Waals surface area contributed by atoms with Crippen LogP contribution in [0.2, 0.25) is 0 Å². The number of hydrogen-bond donors (Lipinski definition) is 1. The lowest BCUT2D eigenvalue weighted by atomic mass is 10.2. The van der Waals surface area contributed by atoms with Gasteiger partial charge in [-0.25, -0.2) is 4.98 Å². The molecular weight excluding hydrogens is 273 g/mol. The molecule has 1 aromatic heterocycles. The number of fused-ring (bicyclic) bond motifs is 1. The van der Waals surface area contributed by atoms with E-state index in [1.54, 1.807) is 22.8 Å². The maximum atomic E-state index is 12.4. The highest BCUT2D eigenvalue weighted by atomic mass is 19.4. The van der Waals surface area contributed by atoms with E-state index in [0.717, 1.165) is 5.52 Å². The molecule has 0 saturated heterocycles. The largest absolute Gasteiger partial charge is 0.497 e. The number of imidazole rings is 1. The Bertz CT molecular complexity index is 607. The minimum atomic E-state index is -4.64. The molecule has 1 aromatic carbocycles. The summed E-state index contributed by atoms with van der Waals surface area (Å²) in [6, 6.07) is 5.12. The zero-order valence-corrected chi connectivity index (χ0v) is 11.1. The monoisotopic (exact) mass is 288 g/mol. The van der Waals surface area contributed by atoms with E-state index in [2.05, 4.69) is 4.98 Å². The quantitative estimate of drug-likeness (QED) is 0.940. The fourth-order valence-corrected chi connectivity index (χ4v) is 2.08. The lowest BCUT2D eigenvalue weighted by molar-refractivity contribution is -0.203. The number of aryl methyl sites for hydroxylation is 1. The highest BCUT2D eigenvalue weighted by Gasteiger charge is 2.39. The molecule has 1 N–H and O–H groups in total. The first kappa shape index (κ1) is 14.6. The van der Waals surface area contributed by atoms with Crippen LogP contribution in [0.15, 0.2) is 18.2 Å². The van der Waals surface area contributed by atoms with E-state index in [9.17, 15) is 18.3 Å². The summed E-state index contributed by atoms with van der Waals surface area (Å²) in [6.07, 6.45) is -7.62. The van der Waals surface area contributed by atoms with Crippen LogP contribution in [-0.2, 0) is 13.0 Å². The lowest BCUT2D eigenvalue weighted by Crippen LogP contribution is -2.31. The van der Waals surface area contributed by atoms with Crippen molar-refractivity contribution in [3.8, 4) is 5.75 Å². The van der Waals surface area contributed by atoms with Gasteiger partial charge in [0.2, 0.25) is 0 Å². The predicted molar refractivity (Wildman–Crippen MR) is 67.7 cm³/mol. The molecule has 1 atom stereocenters. The number of methoxy groups -OCH3 is 1. The summed E-state index contributed by atoms with van der Waals surface area (Å²) in [7, 11) is 1.51. The van der Waals surface area contributed by atoms with E-state index in [-0.39, 0.29) is 5.82 Å². The second-order valence-electron chi connectivity index (χ2n) is 4.39. The van der Waals surface area contributed by atoms with Crippen LogP contribution in [0, 0.1) is 0 Å². The van der Waals surface area contributed by atoms with Gasteiger partial charge in [-0.2, -0.15) is 13.2 Å². The summed E-state index contributed by atoms with van der Waals surface area (Å²) in [4.78, 5) is 4.17. The maximum Gasteiger partial charge on any atom is 0.414 e. The number of aliphatic hydroxyl groups is 1. The Kier molecular flexibility index (Phi) is 3.89. The third-order valence-electron chi connectivity index (χ3n) is 3.10. The van der Waals surface area contributed by atoms with Crippen LogP contribution in [0.3, 0.4) is 0 Å². The van der Waals surface area contributed by atoms with Gasteiger partial charge >= 0.3 is 6.18 Å². The standard InChI is InChI=1S/C13H15F3N2O2/c1-3-18-10-5-4-8(20-2)6-9(10)17-12(18)7-11(19)13(14,15)16/h4-6,11,19H,3,7H2,1-2H3. The molecule has 0 bridgehead atoms. The van der Waals surface area contributed by atoms with Gasteiger partial charge in [0.15, 0.2) is 6.10 Å². The van der Waals surface area contributed by atoms with Gasteiger partial charge in [-0.3, -0.25) is 0 Å². The Labute approximate surface area is 113 Å². The zero-order chi connectivity index (χ0) is 14.9. The Hall–Kier alpha value is -1.76. The molecule has 4 nitrogen and oxygen atoms in total. The van der Waals surface area contributed by atoms with Crippen LogP contribution in [-0.4, -0.2) is 34.0 Å². The van der Waals surface area contributed by atoms with E-state index in [0.29, 0.717) is 17.8 Å². The molecule has 0 radical (unpaired) electrons. The van der Waals surface area contributed by atoms with Crippen molar-refractivity contribution in [2.24, 2.45) is 0 Å². The lowest BCUT2D eigenvalue weighted by Gasteiger charge is -2.14. The molecular formula is C13H15F3N2O2. The summed E-state index contributed by atoms with van der Waals surface area (Å²) in [5.74, 6) is 0.793. The smallest absolute Gasteiger partial charge is 0.414 e. The van der Waals surface area contributed by atoms with E-state index >= 15 is 0 Å². The predicted octanol–water partition coefficient (Wildman–Crippen LogP) is 2.53. The molecule has 0 saturated carbocycles. The Morgan fingerprint density at radius 3 is 2.65 bits per heavy atom. The summed E-state index contributed by atoms with van der Waals surface area (Å²) in [5, 5.41) is 9.18. The van der Waals surface area contributed by atoms with Crippen molar-refractivity contribution in [2.75, 3.05) is 7.11 Å².